The molecule has 0 saturated carbocycles. The minimum atomic E-state index is -0.302. The smallest absolute Gasteiger partial charge is 0.230 e. The van der Waals surface area contributed by atoms with Gasteiger partial charge in [-0.2, -0.15) is 9.83 Å². The summed E-state index contributed by atoms with van der Waals surface area (Å²) in [5.74, 6) is 0.239. The lowest BCUT2D eigenvalue weighted by atomic mass is 10.0. The van der Waals surface area contributed by atoms with Gasteiger partial charge in [0.2, 0.25) is 5.71 Å². The van der Waals surface area contributed by atoms with Gasteiger partial charge in [0.25, 0.3) is 0 Å². The number of imidazole rings is 1. The number of halogens is 1. The molecule has 9 heteroatoms. The van der Waals surface area contributed by atoms with Gasteiger partial charge in [-0.3, -0.25) is 5.10 Å². The highest BCUT2D eigenvalue weighted by atomic mass is 19.1. The third kappa shape index (κ3) is 2.60. The van der Waals surface area contributed by atoms with Crippen molar-refractivity contribution in [1.29, 1.82) is 0 Å². The van der Waals surface area contributed by atoms with Gasteiger partial charge in [0.15, 0.2) is 5.76 Å². The van der Waals surface area contributed by atoms with E-state index in [4.69, 9.17) is 9.25 Å². The molecule has 0 aliphatic rings. The van der Waals surface area contributed by atoms with Crippen LogP contribution in [-0.2, 0) is 0 Å². The standard InChI is InChI=1S/C19H13FN6O2/c1-27-26-8-15(23-10-26)16-6-13-18(21-9-22-19(13)28-16)14-7-24-25-17(14)11-2-4-12(20)5-3-11/h2-10H,1H3,(H,24,25). The molecule has 0 unspecified atom stereocenters. The molecule has 1 N–H and O–H groups in total. The van der Waals surface area contributed by atoms with E-state index in [9.17, 15) is 4.39 Å². The van der Waals surface area contributed by atoms with E-state index in [1.165, 1.54) is 29.5 Å². The summed E-state index contributed by atoms with van der Waals surface area (Å²) in [6.45, 7) is 0. The summed E-state index contributed by atoms with van der Waals surface area (Å²) in [6.07, 6.45) is 6.34. The molecule has 0 aliphatic heterocycles. The Morgan fingerprint density at radius 2 is 2.00 bits per heavy atom. The Kier molecular flexibility index (Phi) is 3.64. The average molecular weight is 376 g/mol. The van der Waals surface area contributed by atoms with E-state index >= 15 is 0 Å². The number of fused-ring (bicyclic) bond motifs is 1. The summed E-state index contributed by atoms with van der Waals surface area (Å²) in [5.41, 5.74) is 3.97. The van der Waals surface area contributed by atoms with Gasteiger partial charge in [0, 0.05) is 11.1 Å². The highest BCUT2D eigenvalue weighted by molar-refractivity contribution is 5.95. The monoisotopic (exact) mass is 376 g/mol. The molecule has 0 fully saturated rings. The lowest BCUT2D eigenvalue weighted by Gasteiger charge is -2.03. The normalized spacial score (nSPS) is 11.2. The van der Waals surface area contributed by atoms with E-state index in [2.05, 4.69) is 25.1 Å². The van der Waals surface area contributed by atoms with Crippen molar-refractivity contribution >= 4 is 11.1 Å². The topological polar surface area (TPSA) is 94.7 Å². The van der Waals surface area contributed by atoms with Crippen molar-refractivity contribution in [1.82, 2.24) is 29.9 Å². The van der Waals surface area contributed by atoms with Crippen molar-refractivity contribution in [2.75, 3.05) is 7.11 Å². The van der Waals surface area contributed by atoms with Crippen LogP contribution in [0.2, 0.25) is 0 Å². The Balaban J connectivity index is 1.64. The molecular weight excluding hydrogens is 363 g/mol. The number of hydrogen-bond donors (Lipinski definition) is 1. The first-order valence-corrected chi connectivity index (χ1v) is 8.36. The molecule has 0 amide bonds. The Hall–Kier alpha value is -4.01. The molecule has 0 aliphatic carbocycles. The fourth-order valence-corrected chi connectivity index (χ4v) is 3.03. The van der Waals surface area contributed by atoms with E-state index in [1.807, 2.05) is 6.07 Å². The van der Waals surface area contributed by atoms with Gasteiger partial charge in [-0.05, 0) is 30.3 Å². The zero-order chi connectivity index (χ0) is 19.1. The van der Waals surface area contributed by atoms with Gasteiger partial charge in [-0.1, -0.05) is 0 Å². The Morgan fingerprint density at radius 3 is 2.79 bits per heavy atom. The molecule has 5 aromatic rings. The van der Waals surface area contributed by atoms with Crippen LogP contribution in [0, 0.1) is 5.82 Å². The van der Waals surface area contributed by atoms with Crippen LogP contribution in [0.4, 0.5) is 4.39 Å². The average Bonchev–Trinajstić information content (AvgIpc) is 3.46. The molecule has 0 spiro atoms. The maximum absolute atomic E-state index is 13.3. The molecule has 0 saturated heterocycles. The van der Waals surface area contributed by atoms with E-state index in [0.717, 1.165) is 16.8 Å². The first-order chi connectivity index (χ1) is 13.7. The molecule has 4 heterocycles. The highest BCUT2D eigenvalue weighted by Gasteiger charge is 2.18. The first kappa shape index (κ1) is 16.2. The summed E-state index contributed by atoms with van der Waals surface area (Å²) in [5, 5.41) is 7.82. The van der Waals surface area contributed by atoms with Crippen molar-refractivity contribution in [3.63, 3.8) is 0 Å². The molecule has 138 valence electrons. The van der Waals surface area contributed by atoms with Crippen molar-refractivity contribution in [3.8, 4) is 34.0 Å². The summed E-state index contributed by atoms with van der Waals surface area (Å²) >= 11 is 0. The van der Waals surface area contributed by atoms with E-state index in [-0.39, 0.29) is 5.82 Å². The van der Waals surface area contributed by atoms with Gasteiger partial charge in [-0.15, -0.1) is 0 Å². The fraction of sp³-hybridized carbons (Fsp3) is 0.0526. The van der Waals surface area contributed by atoms with Crippen LogP contribution >= 0.6 is 0 Å². The third-order valence-corrected chi connectivity index (χ3v) is 4.38. The number of nitrogens with one attached hydrogen (secondary N) is 1. The number of nitrogens with zero attached hydrogens (tertiary/aromatic N) is 5. The van der Waals surface area contributed by atoms with Gasteiger partial charge >= 0.3 is 0 Å². The Labute approximate surface area is 157 Å². The maximum Gasteiger partial charge on any atom is 0.230 e. The molecule has 0 bridgehead atoms. The molecule has 4 aromatic heterocycles. The summed E-state index contributed by atoms with van der Waals surface area (Å²) in [4.78, 5) is 18.0. The van der Waals surface area contributed by atoms with E-state index in [1.54, 1.807) is 31.6 Å². The second kappa shape index (κ2) is 6.31. The molecule has 5 rings (SSSR count). The van der Waals surface area contributed by atoms with Crippen molar-refractivity contribution in [2.24, 2.45) is 0 Å². The molecule has 28 heavy (non-hydrogen) atoms. The Morgan fingerprint density at radius 1 is 1.14 bits per heavy atom. The number of benzene rings is 1. The van der Waals surface area contributed by atoms with Crippen LogP contribution in [0.5, 0.6) is 0 Å². The zero-order valence-corrected chi connectivity index (χ0v) is 14.6. The van der Waals surface area contributed by atoms with E-state index in [0.29, 0.717) is 28.2 Å². The second-order valence-corrected chi connectivity index (χ2v) is 6.02. The fourth-order valence-electron chi connectivity index (χ4n) is 3.03. The lowest BCUT2D eigenvalue weighted by Crippen LogP contribution is -2.00. The molecule has 0 atom stereocenters. The van der Waals surface area contributed by atoms with Crippen LogP contribution in [0.3, 0.4) is 0 Å². The summed E-state index contributed by atoms with van der Waals surface area (Å²) < 4.78 is 20.6. The number of hydrogen-bond acceptors (Lipinski definition) is 6. The van der Waals surface area contributed by atoms with Crippen molar-refractivity contribution in [3.05, 3.63) is 61.2 Å². The molecule has 0 radical (unpaired) electrons. The highest BCUT2D eigenvalue weighted by Crippen LogP contribution is 2.35. The Bertz CT molecular complexity index is 1270. The number of furan rings is 1. The minimum absolute atomic E-state index is 0.302. The summed E-state index contributed by atoms with van der Waals surface area (Å²) in [7, 11) is 1.55. The number of H-pyrrole nitrogens is 1. The van der Waals surface area contributed by atoms with E-state index < -0.39 is 0 Å². The quantitative estimate of drug-likeness (QED) is 0.517. The van der Waals surface area contributed by atoms with Crippen molar-refractivity contribution < 1.29 is 13.6 Å². The first-order valence-electron chi connectivity index (χ1n) is 8.36. The molecule has 8 nitrogen and oxygen atoms in total. The van der Waals surface area contributed by atoms with Gasteiger partial charge in [0.05, 0.1) is 29.2 Å². The minimum Gasteiger partial charge on any atom is -0.436 e. The summed E-state index contributed by atoms with van der Waals surface area (Å²) in [6, 6.07) is 8.00. The largest absolute Gasteiger partial charge is 0.436 e. The lowest BCUT2D eigenvalue weighted by molar-refractivity contribution is 0.167. The van der Waals surface area contributed by atoms with Crippen molar-refractivity contribution in [2.45, 2.75) is 0 Å². The molecular formula is C19H13FN6O2. The third-order valence-electron chi connectivity index (χ3n) is 4.38. The van der Waals surface area contributed by atoms with Crippen LogP contribution < -0.4 is 4.84 Å². The van der Waals surface area contributed by atoms with Crippen LogP contribution in [0.1, 0.15) is 0 Å². The van der Waals surface area contributed by atoms with Gasteiger partial charge < -0.3 is 9.25 Å². The number of aromatic nitrogens is 6. The maximum atomic E-state index is 13.3. The SMILES string of the molecule is COn1cnc(-c2cc3c(-c4cn[nH]c4-c4ccc(F)cc4)ncnc3o2)c1. The van der Waals surface area contributed by atoms with Crippen LogP contribution in [0.15, 0.2) is 59.8 Å². The zero-order valence-electron chi connectivity index (χ0n) is 14.6. The van der Waals surface area contributed by atoms with Gasteiger partial charge in [-0.25, -0.2) is 19.3 Å². The van der Waals surface area contributed by atoms with Gasteiger partial charge in [0.1, 0.15) is 31.3 Å². The van der Waals surface area contributed by atoms with Crippen LogP contribution in [-0.4, -0.2) is 37.0 Å². The number of rotatable bonds is 4. The second-order valence-electron chi connectivity index (χ2n) is 6.02. The predicted octanol–water partition coefficient (Wildman–Crippen LogP) is 3.34. The van der Waals surface area contributed by atoms with Crippen LogP contribution in [0.25, 0.3) is 45.1 Å². The molecule has 1 aromatic carbocycles. The predicted molar refractivity (Wildman–Crippen MR) is 98.5 cm³/mol. The number of aromatic amines is 1.